The lowest BCUT2D eigenvalue weighted by molar-refractivity contribution is 1.17. The molecule has 0 saturated heterocycles. The molecule has 0 N–H and O–H groups in total. The summed E-state index contributed by atoms with van der Waals surface area (Å²) in [5.41, 5.74) is 4.41. The summed E-state index contributed by atoms with van der Waals surface area (Å²) >= 11 is 0. The number of para-hydroxylation sites is 2. The Labute approximate surface area is 497 Å². The van der Waals surface area contributed by atoms with Crippen LogP contribution in [-0.4, -0.2) is 25.3 Å². The Morgan fingerprint density at radius 1 is 0.256 bits per heavy atom. The maximum Gasteiger partial charge on any atom is 0.179 e. The smallest absolute Gasteiger partial charge is 0.179 e. The van der Waals surface area contributed by atoms with E-state index in [1.54, 1.807) is 4.57 Å². The Bertz CT molecular complexity index is 5280. The molecule has 0 spiro atoms. The summed E-state index contributed by atoms with van der Waals surface area (Å²) < 4.78 is 120. The molecule has 82 heavy (non-hydrogen) atoms. The molecule has 4 heteroatoms. The molecule has 2 heterocycles. The topological polar surface area (TPSA) is 9.86 Å². The summed E-state index contributed by atoms with van der Waals surface area (Å²) in [6.45, 7) is 0. The molecule has 2 nitrogen and oxygen atoms in total. The third kappa shape index (κ3) is 7.83. The summed E-state index contributed by atoms with van der Waals surface area (Å²) in [5.74, 6) is 0. The van der Waals surface area contributed by atoms with E-state index in [1.807, 2.05) is 218 Å². The van der Waals surface area contributed by atoms with E-state index in [0.717, 1.165) is 47.3 Å². The fourth-order valence-corrected chi connectivity index (χ4v) is 22.2. The second-order valence-electron chi connectivity index (χ2n) is 20.6. The van der Waals surface area contributed by atoms with Gasteiger partial charge in [0.15, 0.2) is 16.1 Å². The standard InChI is InChI=1S/C78H56N2Si2/c1-9-29-57(30-10-1)71-54-67(82(63-39-19-6-20-40-63,64-41-21-7-22-42-64)65-43-23-8-24-44-65)55-72(58-31-11-2-12-32-58)78(71)80-75-48-28-26-46-69(75)73-53-59(49-52-76(73)80)79-74-47-27-25-45-68(74)70-51-50-66(56-77(70)79)81(60-33-13-3-14-34-60,61-35-15-4-16-36-61)62-37-17-5-18-38-62/h1-56H/i1D,9D,10D,25D,27D,29D,30D,45D,47D,50D,51D,56D. The highest BCUT2D eigenvalue weighted by Gasteiger charge is 2.44. The van der Waals surface area contributed by atoms with Gasteiger partial charge in [0.05, 0.1) is 44.2 Å². The predicted molar refractivity (Wildman–Crippen MR) is 353 cm³/mol. The molecule has 0 unspecified atom stereocenters. The predicted octanol–water partition coefficient (Wildman–Crippen LogP) is 14.0. The average Bonchev–Trinajstić information content (AvgIpc) is 1.46. The van der Waals surface area contributed by atoms with E-state index in [-0.39, 0.29) is 63.6 Å². The van der Waals surface area contributed by atoms with Gasteiger partial charge in [-0.25, -0.2) is 0 Å². The van der Waals surface area contributed by atoms with E-state index >= 15 is 0 Å². The van der Waals surface area contributed by atoms with Gasteiger partial charge in [0.25, 0.3) is 0 Å². The van der Waals surface area contributed by atoms with Crippen molar-refractivity contribution in [2.75, 3.05) is 0 Å². The molecule has 0 bridgehead atoms. The van der Waals surface area contributed by atoms with Gasteiger partial charge < -0.3 is 9.13 Å². The van der Waals surface area contributed by atoms with Crippen molar-refractivity contribution in [1.82, 2.24) is 9.13 Å². The molecular weight excluding hydrogens is 1020 g/mol. The lowest BCUT2D eigenvalue weighted by atomic mass is 9.95. The first-order chi connectivity index (χ1) is 45.7. The van der Waals surface area contributed by atoms with Crippen molar-refractivity contribution >= 4 is 101 Å². The molecule has 386 valence electrons. The maximum atomic E-state index is 10.9. The first kappa shape index (κ1) is 37.7. The minimum atomic E-state index is -3.77. The Kier molecular flexibility index (Phi) is 9.44. The Hall–Kier alpha value is -10.1. The van der Waals surface area contributed by atoms with Crippen molar-refractivity contribution in [3.63, 3.8) is 0 Å². The molecule has 0 radical (unpaired) electrons. The summed E-state index contributed by atoms with van der Waals surface area (Å²) in [5, 5.41) is 8.53. The van der Waals surface area contributed by atoms with E-state index in [2.05, 4.69) is 53.1 Å². The van der Waals surface area contributed by atoms with Crippen LogP contribution in [0, 0.1) is 0 Å². The zero-order valence-electron chi connectivity index (χ0n) is 56.3. The number of benzene rings is 13. The van der Waals surface area contributed by atoms with Crippen molar-refractivity contribution in [3.05, 3.63) is 339 Å². The Balaban J connectivity index is 1.10. The van der Waals surface area contributed by atoms with Gasteiger partial charge in [0, 0.05) is 38.4 Å². The maximum absolute atomic E-state index is 10.9. The fourth-order valence-electron chi connectivity index (χ4n) is 12.9. The van der Waals surface area contributed by atoms with Crippen molar-refractivity contribution in [2.45, 2.75) is 0 Å². The molecule has 0 atom stereocenters. The third-order valence-corrected chi connectivity index (χ3v) is 25.7. The number of rotatable bonds is 12. The van der Waals surface area contributed by atoms with Gasteiger partial charge in [0.1, 0.15) is 0 Å². The quantitative estimate of drug-likeness (QED) is 0.0852. The average molecular weight is 1090 g/mol. The molecule has 0 aliphatic heterocycles. The summed E-state index contributed by atoms with van der Waals surface area (Å²) in [6, 6.07) is 84.1. The van der Waals surface area contributed by atoms with Gasteiger partial charge in [0.2, 0.25) is 0 Å². The van der Waals surface area contributed by atoms with Gasteiger partial charge in [-0.15, -0.1) is 0 Å². The summed E-state index contributed by atoms with van der Waals surface area (Å²) in [6.07, 6.45) is 0. The SMILES string of the molecule is [2H]c1c([2H])c([2H])c(-c2cc([Si](c3ccccc3)(c3ccccc3)c3ccccc3)cc(-c3ccccc3)c2-n2c3ccccc3c3cc(-n4c5c([2H])c([2H])c([2H])c([2H])c5c5c([2H])c([2H])c([Si](c6ccccc6)(c6ccccc6)c6ccccc6)c([2H])c54)ccc32)c([2H])c1[2H]. The van der Waals surface area contributed by atoms with Crippen LogP contribution in [0.2, 0.25) is 0 Å². The molecule has 0 saturated carbocycles. The van der Waals surface area contributed by atoms with Gasteiger partial charge in [-0.05, 0) is 89.0 Å². The van der Waals surface area contributed by atoms with Crippen LogP contribution < -0.4 is 41.5 Å². The van der Waals surface area contributed by atoms with Crippen molar-refractivity contribution in [3.8, 4) is 33.6 Å². The Morgan fingerprint density at radius 3 is 1.22 bits per heavy atom. The molecule has 0 aliphatic rings. The molecule has 15 rings (SSSR count). The second kappa shape index (κ2) is 20.5. The highest BCUT2D eigenvalue weighted by Crippen LogP contribution is 2.43. The molecule has 15 aromatic rings. The molecule has 0 amide bonds. The van der Waals surface area contributed by atoms with Crippen molar-refractivity contribution in [2.24, 2.45) is 0 Å². The van der Waals surface area contributed by atoms with Gasteiger partial charge in [-0.1, -0.05) is 303 Å². The van der Waals surface area contributed by atoms with E-state index in [9.17, 15) is 13.7 Å². The monoisotopic (exact) mass is 1090 g/mol. The third-order valence-electron chi connectivity index (χ3n) is 16.3. The summed E-state index contributed by atoms with van der Waals surface area (Å²) in [4.78, 5) is 0. The molecule has 0 fully saturated rings. The lowest BCUT2D eigenvalue weighted by Crippen LogP contribution is -2.74. The zero-order valence-corrected chi connectivity index (χ0v) is 46.3. The molecule has 2 aromatic heterocycles. The lowest BCUT2D eigenvalue weighted by Gasteiger charge is -2.36. The number of hydrogen-bond acceptors (Lipinski definition) is 0. The largest absolute Gasteiger partial charge is 0.309 e. The number of fused-ring (bicyclic) bond motifs is 6. The van der Waals surface area contributed by atoms with Crippen molar-refractivity contribution < 1.29 is 16.4 Å². The van der Waals surface area contributed by atoms with Crippen LogP contribution in [0.3, 0.4) is 0 Å². The fraction of sp³-hybridized carbons (Fsp3) is 0. The molecule has 13 aromatic carbocycles. The van der Waals surface area contributed by atoms with E-state index in [4.69, 9.17) is 2.74 Å². The van der Waals surface area contributed by atoms with E-state index < -0.39 is 52.4 Å². The number of hydrogen-bond donors (Lipinski definition) is 0. The second-order valence-corrected chi connectivity index (χ2v) is 28.1. The highest BCUT2D eigenvalue weighted by atomic mass is 28.3. The number of aromatic nitrogens is 2. The minimum Gasteiger partial charge on any atom is -0.309 e. The van der Waals surface area contributed by atoms with Crippen LogP contribution in [0.15, 0.2) is 339 Å². The van der Waals surface area contributed by atoms with Crippen LogP contribution in [-0.2, 0) is 0 Å². The normalized spacial score (nSPS) is 14.0. The van der Waals surface area contributed by atoms with E-state index in [0.29, 0.717) is 44.1 Å². The minimum absolute atomic E-state index is 0.0129. The first-order valence-corrected chi connectivity index (χ1v) is 31.4. The van der Waals surface area contributed by atoms with Crippen LogP contribution in [0.5, 0.6) is 0 Å². The molecular formula is C78H56N2Si2. The van der Waals surface area contributed by atoms with Crippen LogP contribution >= 0.6 is 0 Å². The van der Waals surface area contributed by atoms with Crippen LogP contribution in [0.4, 0.5) is 0 Å². The molecule has 0 aliphatic carbocycles. The van der Waals surface area contributed by atoms with Crippen molar-refractivity contribution in [1.29, 1.82) is 0 Å². The van der Waals surface area contributed by atoms with Gasteiger partial charge in [-0.3, -0.25) is 0 Å². The Morgan fingerprint density at radius 2 is 0.683 bits per heavy atom. The van der Waals surface area contributed by atoms with E-state index in [1.165, 1.54) is 0 Å². The summed E-state index contributed by atoms with van der Waals surface area (Å²) in [7, 11) is -7.23. The van der Waals surface area contributed by atoms with Gasteiger partial charge in [-0.2, -0.15) is 0 Å². The first-order valence-electron chi connectivity index (χ1n) is 33.4. The zero-order chi connectivity index (χ0) is 64.9. The number of nitrogens with zero attached hydrogens (tertiary/aromatic N) is 2. The van der Waals surface area contributed by atoms with Crippen LogP contribution in [0.25, 0.3) is 77.2 Å². The van der Waals surface area contributed by atoms with Crippen LogP contribution in [0.1, 0.15) is 16.4 Å². The highest BCUT2D eigenvalue weighted by molar-refractivity contribution is 7.20. The van der Waals surface area contributed by atoms with Gasteiger partial charge >= 0.3 is 0 Å².